The van der Waals surface area contributed by atoms with E-state index in [0.717, 1.165) is 0 Å². The van der Waals surface area contributed by atoms with Gasteiger partial charge in [-0.2, -0.15) is 0 Å². The second kappa shape index (κ2) is 7.43. The zero-order chi connectivity index (χ0) is 18.6. The molecule has 2 rings (SSSR count). The first kappa shape index (κ1) is 17.9. The molecule has 8 nitrogen and oxygen atoms in total. The predicted molar refractivity (Wildman–Crippen MR) is 93.7 cm³/mol. The lowest BCUT2D eigenvalue weighted by molar-refractivity contribution is -0.383. The molecule has 0 unspecified atom stereocenters. The molecule has 130 valence electrons. The number of nitrogens with zero attached hydrogens (tertiary/aromatic N) is 1. The molecule has 0 saturated heterocycles. The normalized spacial score (nSPS) is 10.0. The van der Waals surface area contributed by atoms with Crippen LogP contribution in [0.3, 0.4) is 0 Å². The average molecular weight is 343 g/mol. The van der Waals surface area contributed by atoms with Gasteiger partial charge in [-0.05, 0) is 37.3 Å². The number of ketones is 1. The van der Waals surface area contributed by atoms with Gasteiger partial charge in [-0.1, -0.05) is 0 Å². The van der Waals surface area contributed by atoms with Crippen molar-refractivity contribution in [3.05, 3.63) is 52.1 Å². The number of hydrogen-bond donors (Lipinski definition) is 2. The van der Waals surface area contributed by atoms with Crippen molar-refractivity contribution in [2.75, 3.05) is 17.7 Å². The third-order valence-corrected chi connectivity index (χ3v) is 3.39. The quantitative estimate of drug-likeness (QED) is 0.472. The van der Waals surface area contributed by atoms with E-state index >= 15 is 0 Å². The van der Waals surface area contributed by atoms with Crippen molar-refractivity contribution in [2.45, 2.75) is 13.8 Å². The molecule has 0 fully saturated rings. The molecule has 0 heterocycles. The van der Waals surface area contributed by atoms with Gasteiger partial charge < -0.3 is 15.4 Å². The van der Waals surface area contributed by atoms with Gasteiger partial charge >= 0.3 is 0 Å². The van der Waals surface area contributed by atoms with Gasteiger partial charge in [0.05, 0.1) is 17.7 Å². The van der Waals surface area contributed by atoms with Crippen LogP contribution in [0.25, 0.3) is 0 Å². The highest BCUT2D eigenvalue weighted by Crippen LogP contribution is 2.33. The number of carbonyl (C=O) groups is 2. The van der Waals surface area contributed by atoms with Crippen LogP contribution in [0.15, 0.2) is 36.4 Å². The molecule has 0 aliphatic carbocycles. The fraction of sp³-hybridized carbons (Fsp3) is 0.176. The van der Waals surface area contributed by atoms with Gasteiger partial charge in [-0.3, -0.25) is 19.7 Å². The lowest BCUT2D eigenvalue weighted by atomic mass is 10.1. The van der Waals surface area contributed by atoms with Gasteiger partial charge in [0.15, 0.2) is 5.78 Å². The van der Waals surface area contributed by atoms with Gasteiger partial charge in [0, 0.05) is 24.2 Å². The molecule has 0 aliphatic rings. The highest BCUT2D eigenvalue weighted by Gasteiger charge is 2.17. The lowest BCUT2D eigenvalue weighted by Crippen LogP contribution is -2.07. The molecule has 1 amide bonds. The van der Waals surface area contributed by atoms with Gasteiger partial charge in [0.1, 0.15) is 11.4 Å². The summed E-state index contributed by atoms with van der Waals surface area (Å²) in [5.41, 5.74) is 1.22. The Bertz CT molecular complexity index is 848. The van der Waals surface area contributed by atoms with Crippen molar-refractivity contribution in [1.82, 2.24) is 0 Å². The Morgan fingerprint density at radius 2 is 1.80 bits per heavy atom. The summed E-state index contributed by atoms with van der Waals surface area (Å²) in [5, 5.41) is 16.8. The molecule has 0 aliphatic heterocycles. The molecule has 0 saturated carbocycles. The molecule has 0 spiro atoms. The van der Waals surface area contributed by atoms with E-state index in [1.807, 2.05) is 0 Å². The number of anilines is 3. The number of nitro benzene ring substituents is 1. The van der Waals surface area contributed by atoms with Crippen LogP contribution < -0.4 is 15.4 Å². The number of nitro groups is 1. The Balaban J connectivity index is 2.40. The Kier molecular flexibility index (Phi) is 5.33. The standard InChI is InChI=1S/C17H17N3O5/c1-10(21)12-4-6-14(16(8-12)20(23)24)19-13-5-7-17(25-3)15(9-13)18-11(2)22/h4-9,19H,1-3H3,(H,18,22). The van der Waals surface area contributed by atoms with Gasteiger partial charge in [-0.15, -0.1) is 0 Å². The summed E-state index contributed by atoms with van der Waals surface area (Å²) in [5.74, 6) is -0.0681. The van der Waals surface area contributed by atoms with Crippen LogP contribution in [-0.4, -0.2) is 23.7 Å². The topological polar surface area (TPSA) is 111 Å². The Morgan fingerprint density at radius 1 is 1.08 bits per heavy atom. The van der Waals surface area contributed by atoms with Crippen LogP contribution in [0.1, 0.15) is 24.2 Å². The molecule has 2 aromatic rings. The molecule has 2 N–H and O–H groups in total. The van der Waals surface area contributed by atoms with Crippen LogP contribution in [0.2, 0.25) is 0 Å². The number of amides is 1. The first-order valence-corrected chi connectivity index (χ1v) is 7.34. The smallest absolute Gasteiger partial charge is 0.293 e. The minimum Gasteiger partial charge on any atom is -0.495 e. The number of carbonyl (C=O) groups excluding carboxylic acids is 2. The summed E-state index contributed by atoms with van der Waals surface area (Å²) >= 11 is 0. The second-order valence-electron chi connectivity index (χ2n) is 5.27. The summed E-state index contributed by atoms with van der Waals surface area (Å²) < 4.78 is 5.17. The lowest BCUT2D eigenvalue weighted by Gasteiger charge is -2.13. The van der Waals surface area contributed by atoms with E-state index in [-0.39, 0.29) is 28.6 Å². The van der Waals surface area contributed by atoms with E-state index in [1.54, 1.807) is 18.2 Å². The van der Waals surface area contributed by atoms with Crippen LogP contribution in [-0.2, 0) is 4.79 Å². The van der Waals surface area contributed by atoms with Crippen molar-refractivity contribution in [2.24, 2.45) is 0 Å². The number of hydrogen-bond acceptors (Lipinski definition) is 6. The van der Waals surface area contributed by atoms with Crippen LogP contribution in [0.4, 0.5) is 22.7 Å². The largest absolute Gasteiger partial charge is 0.495 e. The second-order valence-corrected chi connectivity index (χ2v) is 5.27. The van der Waals surface area contributed by atoms with Crippen LogP contribution in [0.5, 0.6) is 5.75 Å². The number of ether oxygens (including phenoxy) is 1. The molecule has 0 atom stereocenters. The third kappa shape index (κ3) is 4.31. The highest BCUT2D eigenvalue weighted by atomic mass is 16.6. The average Bonchev–Trinajstić information content (AvgIpc) is 2.54. The Labute approximate surface area is 144 Å². The van der Waals surface area contributed by atoms with Gasteiger partial charge in [0.25, 0.3) is 5.69 Å². The van der Waals surface area contributed by atoms with Gasteiger partial charge in [0.2, 0.25) is 5.91 Å². The highest BCUT2D eigenvalue weighted by molar-refractivity contribution is 5.96. The molecule has 2 aromatic carbocycles. The van der Waals surface area contributed by atoms with Crippen molar-refractivity contribution in [1.29, 1.82) is 0 Å². The van der Waals surface area contributed by atoms with E-state index < -0.39 is 4.92 Å². The van der Waals surface area contributed by atoms with E-state index in [0.29, 0.717) is 17.1 Å². The Hall–Kier alpha value is -3.42. The summed E-state index contributed by atoms with van der Waals surface area (Å²) in [4.78, 5) is 33.4. The monoisotopic (exact) mass is 343 g/mol. The molecule has 25 heavy (non-hydrogen) atoms. The van der Waals surface area contributed by atoms with Crippen molar-refractivity contribution in [3.63, 3.8) is 0 Å². The molecule has 0 radical (unpaired) electrons. The van der Waals surface area contributed by atoms with Crippen molar-refractivity contribution < 1.29 is 19.2 Å². The molecule has 8 heteroatoms. The first-order valence-electron chi connectivity index (χ1n) is 7.34. The maximum Gasteiger partial charge on any atom is 0.293 e. The zero-order valence-corrected chi connectivity index (χ0v) is 14.0. The maximum atomic E-state index is 11.4. The molecule has 0 aromatic heterocycles. The molecular formula is C17H17N3O5. The number of rotatable bonds is 6. The Morgan fingerprint density at radius 3 is 2.36 bits per heavy atom. The van der Waals surface area contributed by atoms with E-state index in [2.05, 4.69) is 10.6 Å². The predicted octanol–water partition coefficient (Wildman–Crippen LogP) is 3.51. The fourth-order valence-corrected chi connectivity index (χ4v) is 2.24. The van der Waals surface area contributed by atoms with E-state index in [4.69, 9.17) is 4.74 Å². The number of benzene rings is 2. The number of Topliss-reactive ketones (excluding diaryl/α,β-unsaturated/α-hetero) is 1. The van der Waals surface area contributed by atoms with E-state index in [9.17, 15) is 19.7 Å². The summed E-state index contributed by atoms with van der Waals surface area (Å²) in [7, 11) is 1.47. The SMILES string of the molecule is COc1ccc(Nc2ccc(C(C)=O)cc2[N+](=O)[O-])cc1NC(C)=O. The molecule has 0 bridgehead atoms. The zero-order valence-electron chi connectivity index (χ0n) is 14.0. The number of nitrogens with one attached hydrogen (secondary N) is 2. The number of methoxy groups -OCH3 is 1. The fourth-order valence-electron chi connectivity index (χ4n) is 2.24. The van der Waals surface area contributed by atoms with Gasteiger partial charge in [-0.25, -0.2) is 0 Å². The minimum absolute atomic E-state index is 0.218. The summed E-state index contributed by atoms with van der Waals surface area (Å²) in [6.45, 7) is 2.71. The minimum atomic E-state index is -0.562. The van der Waals surface area contributed by atoms with Crippen LogP contribution in [0, 0.1) is 10.1 Å². The molecular weight excluding hydrogens is 326 g/mol. The van der Waals surface area contributed by atoms with Crippen molar-refractivity contribution in [3.8, 4) is 5.75 Å². The van der Waals surface area contributed by atoms with E-state index in [1.165, 1.54) is 39.2 Å². The summed E-state index contributed by atoms with van der Waals surface area (Å²) in [6, 6.07) is 9.09. The van der Waals surface area contributed by atoms with Crippen LogP contribution >= 0.6 is 0 Å². The third-order valence-electron chi connectivity index (χ3n) is 3.39. The van der Waals surface area contributed by atoms with Crippen molar-refractivity contribution >= 4 is 34.4 Å². The first-order chi connectivity index (χ1) is 11.8. The maximum absolute atomic E-state index is 11.4. The summed E-state index contributed by atoms with van der Waals surface area (Å²) in [6.07, 6.45) is 0.